The maximum atomic E-state index is 13.6. The molecule has 1 aliphatic rings. The van der Waals surface area contributed by atoms with Crippen LogP contribution in [0, 0.1) is 0 Å². The lowest BCUT2D eigenvalue weighted by molar-refractivity contribution is 0.0793. The number of methoxy groups -OCH3 is 2. The van der Waals surface area contributed by atoms with Crippen molar-refractivity contribution < 1.29 is 23.5 Å². The predicted octanol–water partition coefficient (Wildman–Crippen LogP) is 5.98. The Labute approximate surface area is 223 Å². The molecule has 4 rings (SSSR count). The van der Waals surface area contributed by atoms with Gasteiger partial charge in [-0.1, -0.05) is 13.3 Å². The quantitative estimate of drug-likeness (QED) is 0.323. The molecule has 0 aliphatic carbocycles. The second-order valence-electron chi connectivity index (χ2n) is 9.27. The number of rotatable bonds is 11. The number of nitrogens with zero attached hydrogens (tertiary/aromatic N) is 2. The number of furan rings is 1. The summed E-state index contributed by atoms with van der Waals surface area (Å²) in [5.41, 5.74) is 2.44. The van der Waals surface area contributed by atoms with Gasteiger partial charge in [0, 0.05) is 49.2 Å². The first-order valence-electron chi connectivity index (χ1n) is 13.0. The van der Waals surface area contributed by atoms with Crippen molar-refractivity contribution in [2.75, 3.05) is 49.4 Å². The Morgan fingerprint density at radius 2 is 1.68 bits per heavy atom. The molecule has 0 bridgehead atoms. The van der Waals surface area contributed by atoms with Gasteiger partial charge in [0.05, 0.1) is 38.3 Å². The number of anilines is 3. The topological polar surface area (TPSA) is 96.3 Å². The fraction of sp³-hybridized carbons (Fsp3) is 0.379. The Kier molecular flexibility index (Phi) is 9.13. The maximum Gasteiger partial charge on any atom is 0.323 e. The Morgan fingerprint density at radius 1 is 0.974 bits per heavy atom. The third kappa shape index (κ3) is 6.79. The highest BCUT2D eigenvalue weighted by Crippen LogP contribution is 2.30. The van der Waals surface area contributed by atoms with Crippen molar-refractivity contribution in [1.29, 1.82) is 0 Å². The van der Waals surface area contributed by atoms with Crippen LogP contribution < -0.4 is 25.0 Å². The van der Waals surface area contributed by atoms with E-state index in [0.29, 0.717) is 35.0 Å². The molecule has 1 aliphatic heterocycles. The number of carbonyl (C=O) groups is 2. The van der Waals surface area contributed by atoms with Gasteiger partial charge in [0.15, 0.2) is 0 Å². The van der Waals surface area contributed by atoms with Crippen molar-refractivity contribution in [3.8, 4) is 11.5 Å². The molecular weight excluding hydrogens is 484 g/mol. The zero-order valence-corrected chi connectivity index (χ0v) is 22.3. The largest absolute Gasteiger partial charge is 0.497 e. The number of likely N-dealkylation sites (tertiary alicyclic amines) is 1. The second kappa shape index (κ2) is 12.9. The van der Waals surface area contributed by atoms with Crippen LogP contribution in [0.3, 0.4) is 0 Å². The van der Waals surface area contributed by atoms with E-state index >= 15 is 0 Å². The van der Waals surface area contributed by atoms with Crippen molar-refractivity contribution in [2.24, 2.45) is 0 Å². The van der Waals surface area contributed by atoms with Gasteiger partial charge in [0.25, 0.3) is 5.91 Å². The van der Waals surface area contributed by atoms with Crippen molar-refractivity contribution in [1.82, 2.24) is 4.90 Å². The Bertz CT molecular complexity index is 1200. The number of hydrogen-bond acceptors (Lipinski definition) is 6. The fourth-order valence-electron chi connectivity index (χ4n) is 4.55. The minimum atomic E-state index is -0.439. The van der Waals surface area contributed by atoms with E-state index in [9.17, 15) is 9.59 Å². The first kappa shape index (κ1) is 26.9. The summed E-state index contributed by atoms with van der Waals surface area (Å²) in [4.78, 5) is 30.6. The van der Waals surface area contributed by atoms with Crippen LogP contribution >= 0.6 is 0 Å². The molecule has 0 spiro atoms. The Hall–Kier alpha value is -4.14. The number of amides is 3. The Balaban J connectivity index is 1.60. The molecule has 2 aromatic carbocycles. The highest BCUT2D eigenvalue weighted by molar-refractivity contribution is 6.04. The van der Waals surface area contributed by atoms with Crippen LogP contribution in [0.25, 0.3) is 0 Å². The van der Waals surface area contributed by atoms with E-state index in [1.54, 1.807) is 44.7 Å². The first-order valence-corrected chi connectivity index (χ1v) is 13.0. The van der Waals surface area contributed by atoms with Crippen LogP contribution in [0.5, 0.6) is 11.5 Å². The van der Waals surface area contributed by atoms with Crippen molar-refractivity contribution in [3.05, 3.63) is 66.1 Å². The van der Waals surface area contributed by atoms with Crippen LogP contribution in [0.15, 0.2) is 59.2 Å². The number of hydrogen-bond donors (Lipinski definition) is 2. The van der Waals surface area contributed by atoms with E-state index < -0.39 is 6.03 Å². The van der Waals surface area contributed by atoms with Gasteiger partial charge in [0.2, 0.25) is 0 Å². The molecule has 1 saturated heterocycles. The number of urea groups is 1. The standard InChI is InChI=1S/C29H36N4O5/c1-4-5-12-33(20-23-9-8-15-38-23)27-11-10-21(18-26(27)28(34)32-13-6-7-14-32)30-29(35)31-22-16-24(36-2)19-25(17-22)37-3/h8-11,15-19H,4-7,12-14,20H2,1-3H3,(H2,30,31,35). The molecule has 0 radical (unpaired) electrons. The van der Waals surface area contributed by atoms with Gasteiger partial charge in [-0.3, -0.25) is 4.79 Å². The summed E-state index contributed by atoms with van der Waals surface area (Å²) in [5, 5.41) is 5.68. The average Bonchev–Trinajstić information content (AvgIpc) is 3.65. The van der Waals surface area contributed by atoms with E-state index in [-0.39, 0.29) is 5.91 Å². The molecule has 3 amide bonds. The van der Waals surface area contributed by atoms with Crippen LogP contribution in [-0.4, -0.2) is 50.7 Å². The summed E-state index contributed by atoms with van der Waals surface area (Å²) < 4.78 is 16.2. The van der Waals surface area contributed by atoms with Crippen molar-refractivity contribution in [2.45, 2.75) is 39.2 Å². The number of unbranched alkanes of at least 4 members (excludes halogenated alkanes) is 1. The Morgan fingerprint density at radius 3 is 2.32 bits per heavy atom. The smallest absolute Gasteiger partial charge is 0.323 e. The summed E-state index contributed by atoms with van der Waals surface area (Å²) >= 11 is 0. The average molecular weight is 521 g/mol. The molecule has 0 unspecified atom stereocenters. The lowest BCUT2D eigenvalue weighted by Gasteiger charge is -2.28. The summed E-state index contributed by atoms with van der Waals surface area (Å²) in [6.07, 6.45) is 5.66. The highest BCUT2D eigenvalue weighted by Gasteiger charge is 2.25. The minimum Gasteiger partial charge on any atom is -0.497 e. The molecule has 2 N–H and O–H groups in total. The molecule has 1 aromatic heterocycles. The second-order valence-corrected chi connectivity index (χ2v) is 9.27. The van der Waals surface area contributed by atoms with E-state index in [0.717, 1.165) is 56.8 Å². The minimum absolute atomic E-state index is 0.0277. The molecule has 2 heterocycles. The zero-order chi connectivity index (χ0) is 26.9. The lowest BCUT2D eigenvalue weighted by atomic mass is 10.1. The van der Waals surface area contributed by atoms with Gasteiger partial charge >= 0.3 is 6.03 Å². The van der Waals surface area contributed by atoms with Gasteiger partial charge in [-0.15, -0.1) is 0 Å². The molecule has 202 valence electrons. The molecule has 38 heavy (non-hydrogen) atoms. The van der Waals surface area contributed by atoms with Crippen LogP contribution in [0.1, 0.15) is 48.7 Å². The van der Waals surface area contributed by atoms with E-state index in [2.05, 4.69) is 22.5 Å². The van der Waals surface area contributed by atoms with Crippen LogP contribution in [-0.2, 0) is 6.54 Å². The van der Waals surface area contributed by atoms with Crippen LogP contribution in [0.2, 0.25) is 0 Å². The maximum absolute atomic E-state index is 13.6. The third-order valence-corrected chi connectivity index (χ3v) is 6.54. The van der Waals surface area contributed by atoms with E-state index in [4.69, 9.17) is 13.9 Å². The van der Waals surface area contributed by atoms with Crippen LogP contribution in [0.4, 0.5) is 21.9 Å². The molecule has 1 fully saturated rings. The lowest BCUT2D eigenvalue weighted by Crippen LogP contribution is -2.31. The summed E-state index contributed by atoms with van der Waals surface area (Å²) in [6, 6.07) is 14.0. The number of carbonyl (C=O) groups excluding carboxylic acids is 2. The third-order valence-electron chi connectivity index (χ3n) is 6.54. The molecule has 0 saturated carbocycles. The fourth-order valence-corrected chi connectivity index (χ4v) is 4.55. The summed E-state index contributed by atoms with van der Waals surface area (Å²) in [5.74, 6) is 1.92. The molecule has 9 heteroatoms. The number of benzene rings is 2. The summed E-state index contributed by atoms with van der Waals surface area (Å²) in [7, 11) is 3.10. The van der Waals surface area contributed by atoms with Gasteiger partial charge in [-0.05, 0) is 49.6 Å². The van der Waals surface area contributed by atoms with E-state index in [1.807, 2.05) is 29.2 Å². The van der Waals surface area contributed by atoms with Gasteiger partial charge in [0.1, 0.15) is 17.3 Å². The van der Waals surface area contributed by atoms with Gasteiger partial charge < -0.3 is 34.3 Å². The number of nitrogens with one attached hydrogen (secondary N) is 2. The van der Waals surface area contributed by atoms with E-state index in [1.165, 1.54) is 0 Å². The monoisotopic (exact) mass is 520 g/mol. The SMILES string of the molecule is CCCCN(Cc1ccco1)c1ccc(NC(=O)Nc2cc(OC)cc(OC)c2)cc1C(=O)N1CCCC1. The zero-order valence-electron chi connectivity index (χ0n) is 22.3. The molecular formula is C29H36N4O5. The number of ether oxygens (including phenoxy) is 2. The first-order chi connectivity index (χ1) is 18.5. The molecule has 3 aromatic rings. The molecule has 9 nitrogen and oxygen atoms in total. The normalized spacial score (nSPS) is 12.8. The van der Waals surface area contributed by atoms with Crippen molar-refractivity contribution >= 4 is 29.0 Å². The summed E-state index contributed by atoms with van der Waals surface area (Å²) in [6.45, 7) is 4.95. The van der Waals surface area contributed by atoms with Crippen molar-refractivity contribution in [3.63, 3.8) is 0 Å². The molecule has 0 atom stereocenters. The van der Waals surface area contributed by atoms with Gasteiger partial charge in [-0.25, -0.2) is 4.79 Å². The predicted molar refractivity (Wildman–Crippen MR) is 148 cm³/mol. The highest BCUT2D eigenvalue weighted by atomic mass is 16.5. The van der Waals surface area contributed by atoms with Gasteiger partial charge in [-0.2, -0.15) is 0 Å².